The molecule has 1 amide bonds. The van der Waals surface area contributed by atoms with Crippen LogP contribution in [0.1, 0.15) is 35.1 Å². The molecule has 4 rings (SSSR count). The van der Waals surface area contributed by atoms with E-state index in [1.54, 1.807) is 30.3 Å². The Morgan fingerprint density at radius 1 is 0.925 bits per heavy atom. The molecule has 3 aromatic carbocycles. The molecule has 0 N–H and O–H groups in total. The van der Waals surface area contributed by atoms with Gasteiger partial charge in [0.25, 0.3) is 5.91 Å². The summed E-state index contributed by atoms with van der Waals surface area (Å²) >= 11 is 6.03. The van der Waals surface area contributed by atoms with Gasteiger partial charge in [0.05, 0.1) is 31.2 Å². The van der Waals surface area contributed by atoms with Gasteiger partial charge >= 0.3 is 18.1 Å². The molecule has 1 unspecified atom stereocenters. The van der Waals surface area contributed by atoms with Crippen molar-refractivity contribution in [3.8, 4) is 5.75 Å². The molecule has 7 nitrogen and oxygen atoms in total. The van der Waals surface area contributed by atoms with Gasteiger partial charge < -0.3 is 14.2 Å². The van der Waals surface area contributed by atoms with Gasteiger partial charge in [-0.1, -0.05) is 48.0 Å². The quantitative estimate of drug-likeness (QED) is 0.230. The maximum atomic E-state index is 16.7. The second kappa shape index (κ2) is 11.5. The molecule has 1 heterocycles. The first kappa shape index (κ1) is 28.9. The molecule has 0 radical (unpaired) electrons. The molecular weight excluding hydrogens is 558 g/mol. The van der Waals surface area contributed by atoms with Crippen LogP contribution in [0.5, 0.6) is 5.75 Å². The van der Waals surface area contributed by atoms with Gasteiger partial charge in [-0.2, -0.15) is 13.2 Å². The highest BCUT2D eigenvalue weighted by atomic mass is 35.5. The van der Waals surface area contributed by atoms with E-state index in [1.807, 2.05) is 0 Å². The number of fused-ring (bicyclic) bond motifs is 1. The standard InChI is InChI=1S/C28H22ClF4NO6/c1-38-23-10-8-19(29)14-21(23)27(30)20-9-7-18(28(31,32)33)13-22(20)34(26(27)37)16-40-25(36)12-11-24(35)39-15-17-5-3-2-4-6-17/h2-10,13-14H,11-12,15-16H2,1H3. The molecule has 12 heteroatoms. The Bertz CT molecular complexity index is 1430. The maximum Gasteiger partial charge on any atom is 0.416 e. The van der Waals surface area contributed by atoms with Gasteiger partial charge in [0.1, 0.15) is 12.4 Å². The summed E-state index contributed by atoms with van der Waals surface area (Å²) in [6.45, 7) is -0.902. The number of amides is 1. The van der Waals surface area contributed by atoms with Crippen LogP contribution in [0.4, 0.5) is 23.2 Å². The Kier molecular flexibility index (Phi) is 8.34. The first-order valence-electron chi connectivity index (χ1n) is 11.9. The highest BCUT2D eigenvalue weighted by molar-refractivity contribution is 6.30. The summed E-state index contributed by atoms with van der Waals surface area (Å²) in [5, 5.41) is 0.0538. The number of carbonyl (C=O) groups excluding carboxylic acids is 3. The number of benzene rings is 3. The molecule has 1 aliphatic heterocycles. The van der Waals surface area contributed by atoms with E-state index >= 15 is 4.39 Å². The van der Waals surface area contributed by atoms with Gasteiger partial charge in [-0.3, -0.25) is 19.3 Å². The molecule has 0 spiro atoms. The van der Waals surface area contributed by atoms with Crippen LogP contribution in [0.2, 0.25) is 5.02 Å². The Balaban J connectivity index is 1.52. The summed E-state index contributed by atoms with van der Waals surface area (Å²) in [6.07, 6.45) is -5.58. The summed E-state index contributed by atoms with van der Waals surface area (Å²) < 4.78 is 72.4. The minimum atomic E-state index is -4.80. The molecule has 0 fully saturated rings. The number of hydrogen-bond acceptors (Lipinski definition) is 6. The lowest BCUT2D eigenvalue weighted by atomic mass is 9.88. The smallest absolute Gasteiger partial charge is 0.416 e. The average Bonchev–Trinajstić information content (AvgIpc) is 3.15. The fraction of sp³-hybridized carbons (Fsp3) is 0.250. The van der Waals surface area contributed by atoms with Crippen LogP contribution in [0.25, 0.3) is 0 Å². The van der Waals surface area contributed by atoms with Crippen LogP contribution >= 0.6 is 11.6 Å². The summed E-state index contributed by atoms with van der Waals surface area (Å²) in [5.41, 5.74) is -4.58. The van der Waals surface area contributed by atoms with Gasteiger partial charge in [0.15, 0.2) is 6.73 Å². The van der Waals surface area contributed by atoms with Crippen LogP contribution in [0.3, 0.4) is 0 Å². The first-order valence-corrected chi connectivity index (χ1v) is 12.2. The molecule has 0 bridgehead atoms. The lowest BCUT2D eigenvalue weighted by Crippen LogP contribution is -2.40. The molecule has 3 aromatic rings. The van der Waals surface area contributed by atoms with Crippen molar-refractivity contribution in [1.82, 2.24) is 0 Å². The van der Waals surface area contributed by atoms with E-state index < -0.39 is 59.7 Å². The zero-order valence-corrected chi connectivity index (χ0v) is 21.7. The van der Waals surface area contributed by atoms with Gasteiger partial charge in [-0.05, 0) is 35.9 Å². The number of nitrogens with zero attached hydrogens (tertiary/aromatic N) is 1. The number of alkyl halides is 4. The largest absolute Gasteiger partial charge is 0.496 e. The molecule has 210 valence electrons. The molecule has 0 aliphatic carbocycles. The van der Waals surface area contributed by atoms with Crippen LogP contribution in [0, 0.1) is 0 Å². The van der Waals surface area contributed by atoms with Crippen molar-refractivity contribution in [3.05, 3.63) is 94.0 Å². The SMILES string of the molecule is COc1ccc(Cl)cc1C1(F)C(=O)N(COC(=O)CCC(=O)OCc2ccccc2)c2cc(C(F)(F)F)ccc21. The number of carbonyl (C=O) groups is 3. The topological polar surface area (TPSA) is 82.1 Å². The minimum absolute atomic E-state index is 0.000864. The van der Waals surface area contributed by atoms with Crippen molar-refractivity contribution < 1.29 is 46.2 Å². The van der Waals surface area contributed by atoms with Gasteiger partial charge in [0, 0.05) is 16.1 Å². The summed E-state index contributed by atoms with van der Waals surface area (Å²) in [5.74, 6) is -3.01. The lowest BCUT2D eigenvalue weighted by Gasteiger charge is -2.23. The molecular formula is C28H22ClF4NO6. The second-order valence-corrected chi connectivity index (χ2v) is 9.19. The van der Waals surface area contributed by atoms with E-state index in [2.05, 4.69) is 0 Å². The Morgan fingerprint density at radius 3 is 2.25 bits per heavy atom. The Morgan fingerprint density at radius 2 is 1.60 bits per heavy atom. The number of rotatable bonds is 9. The van der Waals surface area contributed by atoms with Crippen LogP contribution in [0.15, 0.2) is 66.7 Å². The molecule has 0 saturated carbocycles. The first-order chi connectivity index (χ1) is 18.9. The fourth-order valence-electron chi connectivity index (χ4n) is 4.19. The van der Waals surface area contributed by atoms with Crippen molar-refractivity contribution in [3.63, 3.8) is 0 Å². The molecule has 40 heavy (non-hydrogen) atoms. The molecule has 1 atom stereocenters. The zero-order valence-electron chi connectivity index (χ0n) is 21.0. The van der Waals surface area contributed by atoms with E-state index in [0.717, 1.165) is 17.7 Å². The number of ether oxygens (including phenoxy) is 3. The van der Waals surface area contributed by atoms with Gasteiger partial charge in [-0.15, -0.1) is 0 Å². The predicted octanol–water partition coefficient (Wildman–Crippen LogP) is 5.95. The zero-order chi connectivity index (χ0) is 29.1. The van der Waals surface area contributed by atoms with E-state index in [9.17, 15) is 27.6 Å². The molecule has 1 aliphatic rings. The van der Waals surface area contributed by atoms with Crippen LogP contribution in [-0.4, -0.2) is 31.7 Å². The number of methoxy groups -OCH3 is 1. The maximum absolute atomic E-state index is 16.7. The monoisotopic (exact) mass is 579 g/mol. The predicted molar refractivity (Wildman–Crippen MR) is 135 cm³/mol. The highest BCUT2D eigenvalue weighted by Crippen LogP contribution is 2.51. The molecule has 0 saturated heterocycles. The Labute approximate surface area is 231 Å². The van der Waals surface area contributed by atoms with E-state index in [0.29, 0.717) is 17.0 Å². The summed E-state index contributed by atoms with van der Waals surface area (Å²) in [4.78, 5) is 38.3. The van der Waals surface area contributed by atoms with Crippen molar-refractivity contribution >= 4 is 35.1 Å². The van der Waals surface area contributed by atoms with E-state index in [4.69, 9.17) is 25.8 Å². The third-order valence-corrected chi connectivity index (χ3v) is 6.43. The third-order valence-electron chi connectivity index (χ3n) is 6.19. The highest BCUT2D eigenvalue weighted by Gasteiger charge is 2.55. The number of anilines is 1. The summed E-state index contributed by atoms with van der Waals surface area (Å²) in [7, 11) is 1.23. The van der Waals surface area contributed by atoms with E-state index in [-0.39, 0.29) is 29.4 Å². The number of halogens is 5. The lowest BCUT2D eigenvalue weighted by molar-refractivity contribution is -0.151. The van der Waals surface area contributed by atoms with Crippen molar-refractivity contribution in [2.45, 2.75) is 31.3 Å². The normalized spacial score (nSPS) is 16.4. The van der Waals surface area contributed by atoms with Crippen molar-refractivity contribution in [2.24, 2.45) is 0 Å². The Hall–Kier alpha value is -4.12. The van der Waals surface area contributed by atoms with Crippen molar-refractivity contribution in [1.29, 1.82) is 0 Å². The van der Waals surface area contributed by atoms with Crippen LogP contribution in [-0.2, 0) is 42.3 Å². The third kappa shape index (κ3) is 5.89. The average molecular weight is 580 g/mol. The summed E-state index contributed by atoms with van der Waals surface area (Å²) in [6, 6.07) is 14.8. The van der Waals surface area contributed by atoms with E-state index in [1.165, 1.54) is 19.2 Å². The van der Waals surface area contributed by atoms with Crippen LogP contribution < -0.4 is 9.64 Å². The number of hydrogen-bond donors (Lipinski definition) is 0. The second-order valence-electron chi connectivity index (χ2n) is 8.76. The van der Waals surface area contributed by atoms with Gasteiger partial charge in [0.2, 0.25) is 5.67 Å². The van der Waals surface area contributed by atoms with Gasteiger partial charge in [-0.25, -0.2) is 4.39 Å². The molecule has 0 aromatic heterocycles. The minimum Gasteiger partial charge on any atom is -0.496 e. The van der Waals surface area contributed by atoms with Crippen molar-refractivity contribution in [2.75, 3.05) is 18.7 Å². The fourth-order valence-corrected chi connectivity index (χ4v) is 4.37. The number of esters is 2.